The zero-order valence-electron chi connectivity index (χ0n) is 19.8. The van der Waals surface area contributed by atoms with E-state index in [1.54, 1.807) is 38.7 Å². The zero-order valence-corrected chi connectivity index (χ0v) is 21.4. The highest BCUT2D eigenvalue weighted by molar-refractivity contribution is 7.25. The molecule has 0 atom stereocenters. The van der Waals surface area contributed by atoms with E-state index in [9.17, 15) is 4.79 Å². The number of halogens is 1. The van der Waals surface area contributed by atoms with Crippen molar-refractivity contribution in [3.05, 3.63) is 88.4 Å². The Bertz CT molecular complexity index is 1830. The van der Waals surface area contributed by atoms with Crippen LogP contribution >= 0.6 is 22.9 Å². The summed E-state index contributed by atoms with van der Waals surface area (Å²) in [7, 11) is 3.20. The fourth-order valence-corrected chi connectivity index (χ4v) is 5.45. The zero-order chi connectivity index (χ0) is 25.5. The minimum Gasteiger partial charge on any atom is -0.493 e. The summed E-state index contributed by atoms with van der Waals surface area (Å²) in [5.74, 6) is 1.68. The van der Waals surface area contributed by atoms with Crippen molar-refractivity contribution >= 4 is 43.4 Å². The molecular weight excluding hydrogens is 508 g/mol. The number of H-pyrrole nitrogens is 1. The van der Waals surface area contributed by atoms with E-state index < -0.39 is 0 Å². The summed E-state index contributed by atoms with van der Waals surface area (Å²) in [6.45, 7) is 0. The molecule has 37 heavy (non-hydrogen) atoms. The average molecular weight is 527 g/mol. The molecule has 4 heterocycles. The van der Waals surface area contributed by atoms with Crippen molar-refractivity contribution < 1.29 is 9.47 Å². The van der Waals surface area contributed by atoms with E-state index in [2.05, 4.69) is 9.97 Å². The molecule has 0 amide bonds. The summed E-state index contributed by atoms with van der Waals surface area (Å²) in [4.78, 5) is 30.9. The molecule has 0 aliphatic carbocycles. The van der Waals surface area contributed by atoms with Crippen LogP contribution in [-0.2, 0) is 0 Å². The van der Waals surface area contributed by atoms with Crippen LogP contribution in [0.2, 0.25) is 5.02 Å². The van der Waals surface area contributed by atoms with Gasteiger partial charge in [0.2, 0.25) is 0 Å². The highest BCUT2D eigenvalue weighted by Crippen LogP contribution is 2.41. The number of pyridine rings is 2. The standard InChI is InChI=1S/C28H19ClN4O3S/c1-35-21-10-7-16(12-22(21)36-2)19-13-20(17-4-3-11-30-14-17)31-28-23(19)24-25(37-28)27(34)33-26(32-24)15-5-8-18(29)9-6-15/h3-14H,1-2H3,(H,32,33,34). The minimum absolute atomic E-state index is 0.223. The second-order valence-corrected chi connectivity index (χ2v) is 9.68. The van der Waals surface area contributed by atoms with Crippen molar-refractivity contribution in [1.82, 2.24) is 19.9 Å². The number of methoxy groups -OCH3 is 2. The molecule has 0 fully saturated rings. The first-order valence-electron chi connectivity index (χ1n) is 11.3. The van der Waals surface area contributed by atoms with Gasteiger partial charge in [0.1, 0.15) is 15.4 Å². The number of thiophene rings is 1. The van der Waals surface area contributed by atoms with Gasteiger partial charge in [-0.1, -0.05) is 17.7 Å². The maximum atomic E-state index is 13.2. The van der Waals surface area contributed by atoms with Crippen LogP contribution in [0.4, 0.5) is 0 Å². The first kappa shape index (κ1) is 23.1. The molecule has 0 saturated heterocycles. The SMILES string of the molecule is COc1ccc(-c2cc(-c3cccnc3)nc3sc4c(=O)[nH]c(-c5ccc(Cl)cc5)nc4c23)cc1OC. The summed E-state index contributed by atoms with van der Waals surface area (Å²) in [5.41, 5.74) is 4.48. The molecule has 7 nitrogen and oxygen atoms in total. The minimum atomic E-state index is -0.223. The number of fused-ring (bicyclic) bond motifs is 3. The van der Waals surface area contributed by atoms with E-state index >= 15 is 0 Å². The van der Waals surface area contributed by atoms with Gasteiger partial charge < -0.3 is 14.5 Å². The van der Waals surface area contributed by atoms with Gasteiger partial charge >= 0.3 is 0 Å². The fraction of sp³-hybridized carbons (Fsp3) is 0.0714. The molecule has 0 aliphatic rings. The van der Waals surface area contributed by atoms with Crippen LogP contribution in [-0.4, -0.2) is 34.2 Å². The molecule has 0 unspecified atom stereocenters. The second kappa shape index (κ2) is 9.31. The van der Waals surface area contributed by atoms with Crippen molar-refractivity contribution in [3.8, 4) is 45.3 Å². The van der Waals surface area contributed by atoms with Crippen LogP contribution in [0.5, 0.6) is 11.5 Å². The predicted octanol–water partition coefficient (Wildman–Crippen LogP) is 6.60. The van der Waals surface area contributed by atoms with Crippen LogP contribution in [0, 0.1) is 0 Å². The molecule has 6 aromatic rings. The van der Waals surface area contributed by atoms with Gasteiger partial charge in [0.05, 0.1) is 25.4 Å². The highest BCUT2D eigenvalue weighted by atomic mass is 35.5. The van der Waals surface area contributed by atoms with Crippen molar-refractivity contribution in [2.45, 2.75) is 0 Å². The second-order valence-electron chi connectivity index (χ2n) is 8.25. The summed E-state index contributed by atoms with van der Waals surface area (Å²) in [6, 6.07) is 18.7. The van der Waals surface area contributed by atoms with Crippen LogP contribution in [0.1, 0.15) is 0 Å². The molecule has 182 valence electrons. The number of aromatic nitrogens is 4. The average Bonchev–Trinajstić information content (AvgIpc) is 3.32. The number of hydrogen-bond donors (Lipinski definition) is 1. The number of nitrogens with zero attached hydrogens (tertiary/aromatic N) is 3. The molecule has 0 radical (unpaired) electrons. The van der Waals surface area contributed by atoms with Gasteiger partial charge in [0, 0.05) is 33.9 Å². The van der Waals surface area contributed by atoms with Crippen LogP contribution < -0.4 is 15.0 Å². The molecule has 6 rings (SSSR count). The molecule has 2 aromatic carbocycles. The maximum Gasteiger partial charge on any atom is 0.269 e. The number of benzene rings is 2. The molecule has 1 N–H and O–H groups in total. The van der Waals surface area contributed by atoms with Gasteiger partial charge in [-0.15, -0.1) is 11.3 Å². The van der Waals surface area contributed by atoms with E-state index in [4.69, 9.17) is 31.0 Å². The molecule has 0 bridgehead atoms. The Labute approximate surface area is 220 Å². The van der Waals surface area contributed by atoms with E-state index in [0.717, 1.165) is 33.3 Å². The summed E-state index contributed by atoms with van der Waals surface area (Å²) in [6.07, 6.45) is 3.49. The van der Waals surface area contributed by atoms with Crippen molar-refractivity contribution in [2.24, 2.45) is 0 Å². The van der Waals surface area contributed by atoms with Crippen molar-refractivity contribution in [2.75, 3.05) is 14.2 Å². The Kier molecular flexibility index (Phi) is 5.82. The van der Waals surface area contributed by atoms with E-state index in [-0.39, 0.29) is 5.56 Å². The van der Waals surface area contributed by atoms with Gasteiger partial charge in [0.25, 0.3) is 5.56 Å². The van der Waals surface area contributed by atoms with Crippen LogP contribution in [0.25, 0.3) is 54.2 Å². The van der Waals surface area contributed by atoms with Gasteiger partial charge in [0.15, 0.2) is 11.5 Å². The molecule has 9 heteroatoms. The molecule has 0 saturated carbocycles. The van der Waals surface area contributed by atoms with Gasteiger partial charge in [-0.05, 0) is 65.7 Å². The first-order valence-corrected chi connectivity index (χ1v) is 12.5. The topological polar surface area (TPSA) is 90.0 Å². The lowest BCUT2D eigenvalue weighted by molar-refractivity contribution is 0.355. The van der Waals surface area contributed by atoms with Crippen molar-refractivity contribution in [3.63, 3.8) is 0 Å². The summed E-state index contributed by atoms with van der Waals surface area (Å²) < 4.78 is 11.5. The van der Waals surface area contributed by atoms with E-state index in [0.29, 0.717) is 37.4 Å². The monoisotopic (exact) mass is 526 g/mol. The van der Waals surface area contributed by atoms with Crippen LogP contribution in [0.3, 0.4) is 0 Å². The number of rotatable bonds is 5. The van der Waals surface area contributed by atoms with Gasteiger partial charge in [-0.3, -0.25) is 9.78 Å². The largest absolute Gasteiger partial charge is 0.493 e. The molecule has 4 aromatic heterocycles. The van der Waals surface area contributed by atoms with Gasteiger partial charge in [-0.2, -0.15) is 0 Å². The van der Waals surface area contributed by atoms with E-state index in [1.807, 2.05) is 48.5 Å². The summed E-state index contributed by atoms with van der Waals surface area (Å²) in [5, 5.41) is 1.40. The third-order valence-corrected chi connectivity index (χ3v) is 7.39. The lowest BCUT2D eigenvalue weighted by atomic mass is 10.00. The number of ether oxygens (including phenoxy) is 2. The Morgan fingerprint density at radius 2 is 1.68 bits per heavy atom. The third kappa shape index (κ3) is 4.10. The normalized spacial score (nSPS) is 11.2. The fourth-order valence-electron chi connectivity index (χ4n) is 4.29. The summed E-state index contributed by atoms with van der Waals surface area (Å²) >= 11 is 7.38. The maximum absolute atomic E-state index is 13.2. The lowest BCUT2D eigenvalue weighted by Gasteiger charge is -2.12. The van der Waals surface area contributed by atoms with Gasteiger partial charge in [-0.25, -0.2) is 9.97 Å². The smallest absolute Gasteiger partial charge is 0.269 e. The van der Waals surface area contributed by atoms with Crippen LogP contribution in [0.15, 0.2) is 77.9 Å². The lowest BCUT2D eigenvalue weighted by Crippen LogP contribution is -2.07. The number of nitrogens with one attached hydrogen (secondary N) is 1. The molecular formula is C28H19ClN4O3S. The highest BCUT2D eigenvalue weighted by Gasteiger charge is 2.20. The Morgan fingerprint density at radius 1 is 0.892 bits per heavy atom. The third-order valence-electron chi connectivity index (χ3n) is 6.07. The number of hydrogen-bond acceptors (Lipinski definition) is 7. The molecule has 0 aliphatic heterocycles. The Balaban J connectivity index is 1.68. The Hall–Kier alpha value is -4.27. The first-order chi connectivity index (χ1) is 18.1. The Morgan fingerprint density at radius 3 is 2.41 bits per heavy atom. The number of aromatic amines is 1. The van der Waals surface area contributed by atoms with Crippen molar-refractivity contribution in [1.29, 1.82) is 0 Å². The predicted molar refractivity (Wildman–Crippen MR) is 148 cm³/mol. The quantitative estimate of drug-likeness (QED) is 0.272. The van der Waals surface area contributed by atoms with E-state index in [1.165, 1.54) is 11.3 Å². The molecule has 0 spiro atoms.